The van der Waals surface area contributed by atoms with Crippen molar-refractivity contribution >= 4 is 17.9 Å². The van der Waals surface area contributed by atoms with Crippen molar-refractivity contribution in [1.82, 2.24) is 0 Å². The molecule has 0 spiro atoms. The molecule has 0 N–H and O–H groups in total. The number of allylic oxidation sites excluding steroid dienone is 8. The summed E-state index contributed by atoms with van der Waals surface area (Å²) < 4.78 is 16.9. The maximum atomic E-state index is 12.9. The summed E-state index contributed by atoms with van der Waals surface area (Å²) in [4.78, 5) is 38.2. The van der Waals surface area contributed by atoms with Gasteiger partial charge in [-0.2, -0.15) is 0 Å². The van der Waals surface area contributed by atoms with Gasteiger partial charge in [-0.3, -0.25) is 14.4 Å². The maximum absolute atomic E-state index is 12.9. The summed E-state index contributed by atoms with van der Waals surface area (Å²) in [5.41, 5.74) is 0. The summed E-state index contributed by atoms with van der Waals surface area (Å²) >= 11 is 0. The number of rotatable bonds is 54. The molecule has 0 aliphatic rings. The SMILES string of the molecule is CC/C=C/C=C/C=C/CCCCCCCC(=O)OCC(COC(=O)CCCCCCCCCCCCCCCCCCCCC)OC(=O)CCCCCCC/C=C/CCCCCCCCCCC. The van der Waals surface area contributed by atoms with E-state index in [1.54, 1.807) is 0 Å². The zero-order valence-corrected chi connectivity index (χ0v) is 45.4. The van der Waals surface area contributed by atoms with E-state index in [9.17, 15) is 14.4 Å². The minimum absolute atomic E-state index is 0.0801. The summed E-state index contributed by atoms with van der Waals surface area (Å²) in [5, 5.41) is 0. The van der Waals surface area contributed by atoms with Gasteiger partial charge in [0, 0.05) is 19.3 Å². The maximum Gasteiger partial charge on any atom is 0.306 e. The van der Waals surface area contributed by atoms with Gasteiger partial charge in [0.15, 0.2) is 6.10 Å². The molecule has 396 valence electrons. The van der Waals surface area contributed by atoms with Crippen LogP contribution in [0.4, 0.5) is 0 Å². The van der Waals surface area contributed by atoms with Gasteiger partial charge in [0.05, 0.1) is 0 Å². The van der Waals surface area contributed by atoms with Crippen molar-refractivity contribution in [1.29, 1.82) is 0 Å². The van der Waals surface area contributed by atoms with Gasteiger partial charge in [-0.15, -0.1) is 0 Å². The molecule has 0 aliphatic heterocycles. The predicted octanol–water partition coefficient (Wildman–Crippen LogP) is 19.8. The zero-order chi connectivity index (χ0) is 49.3. The summed E-state index contributed by atoms with van der Waals surface area (Å²) in [5.74, 6) is -0.894. The number of carbonyl (C=O) groups is 3. The van der Waals surface area contributed by atoms with Crippen molar-refractivity contribution in [2.24, 2.45) is 0 Å². The van der Waals surface area contributed by atoms with E-state index in [0.717, 1.165) is 96.3 Å². The molecule has 0 aromatic rings. The Hall–Kier alpha value is -2.63. The topological polar surface area (TPSA) is 78.9 Å². The fourth-order valence-corrected chi connectivity index (χ4v) is 8.67. The third-order valence-corrected chi connectivity index (χ3v) is 13.1. The fourth-order valence-electron chi connectivity index (χ4n) is 8.67. The molecule has 0 aliphatic carbocycles. The second kappa shape index (κ2) is 57.0. The molecule has 0 fully saturated rings. The van der Waals surface area contributed by atoms with Gasteiger partial charge in [0.1, 0.15) is 13.2 Å². The number of esters is 3. The zero-order valence-electron chi connectivity index (χ0n) is 45.4. The normalized spacial score (nSPS) is 12.3. The molecule has 1 atom stereocenters. The second-order valence-corrected chi connectivity index (χ2v) is 19.9. The summed E-state index contributed by atoms with van der Waals surface area (Å²) in [6.07, 6.45) is 69.7. The highest BCUT2D eigenvalue weighted by atomic mass is 16.6. The minimum atomic E-state index is -0.784. The summed E-state index contributed by atoms with van der Waals surface area (Å²) in [6.45, 7) is 6.53. The largest absolute Gasteiger partial charge is 0.462 e. The van der Waals surface area contributed by atoms with E-state index < -0.39 is 6.10 Å². The first-order valence-corrected chi connectivity index (χ1v) is 29.7. The van der Waals surface area contributed by atoms with E-state index in [1.807, 2.05) is 0 Å². The van der Waals surface area contributed by atoms with Gasteiger partial charge in [0.2, 0.25) is 0 Å². The van der Waals surface area contributed by atoms with Crippen molar-refractivity contribution in [3.63, 3.8) is 0 Å². The molecule has 0 rings (SSSR count). The van der Waals surface area contributed by atoms with Gasteiger partial charge < -0.3 is 14.2 Å². The quantitative estimate of drug-likeness (QED) is 0.0199. The molecule has 6 heteroatoms. The average Bonchev–Trinajstić information content (AvgIpc) is 3.34. The first-order chi connectivity index (χ1) is 33.5. The lowest BCUT2D eigenvalue weighted by Crippen LogP contribution is -2.30. The van der Waals surface area contributed by atoms with E-state index in [-0.39, 0.29) is 31.1 Å². The Kier molecular flexibility index (Phi) is 54.8. The number of carbonyl (C=O) groups excluding carboxylic acids is 3. The smallest absolute Gasteiger partial charge is 0.306 e. The Balaban J connectivity index is 4.34. The van der Waals surface area contributed by atoms with Crippen LogP contribution in [0.5, 0.6) is 0 Å². The lowest BCUT2D eigenvalue weighted by atomic mass is 10.0. The molecule has 0 saturated carbocycles. The fraction of sp³-hybridized carbons (Fsp3) is 0.823. The molecule has 6 nitrogen and oxygen atoms in total. The van der Waals surface area contributed by atoms with Crippen LogP contribution >= 0.6 is 0 Å². The third-order valence-electron chi connectivity index (χ3n) is 13.1. The van der Waals surface area contributed by atoms with Crippen molar-refractivity contribution in [2.75, 3.05) is 13.2 Å². The highest BCUT2D eigenvalue weighted by Crippen LogP contribution is 2.17. The average molecular weight is 954 g/mol. The van der Waals surface area contributed by atoms with Crippen LogP contribution < -0.4 is 0 Å². The molecule has 0 amide bonds. The van der Waals surface area contributed by atoms with Crippen LogP contribution in [-0.2, 0) is 28.6 Å². The summed E-state index contributed by atoms with van der Waals surface area (Å²) in [7, 11) is 0. The number of unbranched alkanes of at least 4 members (excludes halogenated alkanes) is 37. The standard InChI is InChI=1S/C62H112O6/c1-4-7-10-13-16-19-22-25-27-29-31-33-34-37-40-43-46-49-52-55-61(64)67-58-59(57-66-60(63)54-51-48-45-42-39-36-24-21-18-15-12-9-6-3)68-62(65)56-53-50-47-44-41-38-35-32-30-28-26-23-20-17-14-11-8-5-2/h9,12,15,18,21,24,32,35,59H,4-8,10-11,13-14,16-17,19-20,22-23,25-31,33-34,36-58H2,1-3H3/b12-9+,18-15+,24-21+,35-32+. The van der Waals surface area contributed by atoms with Crippen LogP contribution in [0.3, 0.4) is 0 Å². The van der Waals surface area contributed by atoms with Gasteiger partial charge in [0.25, 0.3) is 0 Å². The molecule has 1 unspecified atom stereocenters. The number of ether oxygens (including phenoxy) is 3. The van der Waals surface area contributed by atoms with Crippen LogP contribution in [-0.4, -0.2) is 37.2 Å². The molecule has 0 aromatic carbocycles. The second-order valence-electron chi connectivity index (χ2n) is 19.9. The van der Waals surface area contributed by atoms with Crippen LogP contribution in [0.1, 0.15) is 310 Å². The Morgan fingerprint density at radius 3 is 0.926 bits per heavy atom. The lowest BCUT2D eigenvalue weighted by molar-refractivity contribution is -0.167. The van der Waals surface area contributed by atoms with E-state index in [0.29, 0.717) is 19.3 Å². The monoisotopic (exact) mass is 953 g/mol. The van der Waals surface area contributed by atoms with Crippen LogP contribution in [0.25, 0.3) is 0 Å². The van der Waals surface area contributed by atoms with E-state index in [4.69, 9.17) is 14.2 Å². The van der Waals surface area contributed by atoms with Gasteiger partial charge in [-0.05, 0) is 64.2 Å². The van der Waals surface area contributed by atoms with Crippen LogP contribution in [0.2, 0.25) is 0 Å². The summed E-state index contributed by atoms with van der Waals surface area (Å²) in [6, 6.07) is 0. The number of hydrogen-bond acceptors (Lipinski definition) is 6. The Morgan fingerprint density at radius 2 is 0.588 bits per heavy atom. The van der Waals surface area contributed by atoms with Crippen molar-refractivity contribution < 1.29 is 28.6 Å². The van der Waals surface area contributed by atoms with Crippen molar-refractivity contribution in [2.45, 2.75) is 316 Å². The first-order valence-electron chi connectivity index (χ1n) is 29.7. The van der Waals surface area contributed by atoms with Crippen LogP contribution in [0, 0.1) is 0 Å². The van der Waals surface area contributed by atoms with E-state index >= 15 is 0 Å². The minimum Gasteiger partial charge on any atom is -0.462 e. The van der Waals surface area contributed by atoms with Crippen LogP contribution in [0.15, 0.2) is 48.6 Å². The molecule has 68 heavy (non-hydrogen) atoms. The molecule has 0 radical (unpaired) electrons. The molecule has 0 saturated heterocycles. The highest BCUT2D eigenvalue weighted by Gasteiger charge is 2.19. The third kappa shape index (κ3) is 54.3. The molecular formula is C62H112O6. The Morgan fingerprint density at radius 1 is 0.309 bits per heavy atom. The van der Waals surface area contributed by atoms with Gasteiger partial charge in [-0.1, -0.05) is 275 Å². The Bertz CT molecular complexity index is 1190. The highest BCUT2D eigenvalue weighted by molar-refractivity contribution is 5.71. The van der Waals surface area contributed by atoms with Gasteiger partial charge >= 0.3 is 17.9 Å². The van der Waals surface area contributed by atoms with E-state index in [1.165, 1.54) is 173 Å². The molecule has 0 heterocycles. The van der Waals surface area contributed by atoms with Crippen molar-refractivity contribution in [3.8, 4) is 0 Å². The lowest BCUT2D eigenvalue weighted by Gasteiger charge is -2.18. The molecule has 0 aromatic heterocycles. The predicted molar refractivity (Wildman–Crippen MR) is 293 cm³/mol. The van der Waals surface area contributed by atoms with Crippen molar-refractivity contribution in [3.05, 3.63) is 48.6 Å². The van der Waals surface area contributed by atoms with E-state index in [2.05, 4.69) is 69.4 Å². The van der Waals surface area contributed by atoms with Gasteiger partial charge in [-0.25, -0.2) is 0 Å². The molecular weight excluding hydrogens is 841 g/mol. The molecule has 0 bridgehead atoms. The Labute approximate surface area is 422 Å². The number of hydrogen-bond donors (Lipinski definition) is 0. The first kappa shape index (κ1) is 65.4.